The van der Waals surface area contributed by atoms with Crippen molar-refractivity contribution in [3.05, 3.63) is 29.8 Å². The van der Waals surface area contributed by atoms with Gasteiger partial charge in [-0.25, -0.2) is 0 Å². The van der Waals surface area contributed by atoms with Gasteiger partial charge in [0.1, 0.15) is 0 Å². The van der Waals surface area contributed by atoms with Gasteiger partial charge < -0.3 is 10.6 Å². The van der Waals surface area contributed by atoms with Gasteiger partial charge in [0.25, 0.3) is 5.91 Å². The molecule has 2 fully saturated rings. The zero-order valence-electron chi connectivity index (χ0n) is 14.4. The van der Waals surface area contributed by atoms with Crippen LogP contribution in [0, 0.1) is 0 Å². The zero-order valence-corrected chi connectivity index (χ0v) is 14.4. The molecule has 1 heterocycles. The molecule has 1 aromatic rings. The van der Waals surface area contributed by atoms with Gasteiger partial charge in [-0.3, -0.25) is 14.5 Å². The van der Waals surface area contributed by atoms with Gasteiger partial charge in [-0.05, 0) is 56.8 Å². The molecule has 0 radical (unpaired) electrons. The van der Waals surface area contributed by atoms with Crippen LogP contribution in [0.15, 0.2) is 24.3 Å². The summed E-state index contributed by atoms with van der Waals surface area (Å²) in [6.07, 6.45) is 6.83. The second-order valence-corrected chi connectivity index (χ2v) is 6.91. The molecule has 1 saturated carbocycles. The van der Waals surface area contributed by atoms with E-state index in [0.717, 1.165) is 25.8 Å². The summed E-state index contributed by atoms with van der Waals surface area (Å²) in [6.45, 7) is 3.61. The van der Waals surface area contributed by atoms with E-state index >= 15 is 0 Å². The Hall–Kier alpha value is -1.88. The van der Waals surface area contributed by atoms with Gasteiger partial charge in [0.15, 0.2) is 0 Å². The number of benzene rings is 1. The van der Waals surface area contributed by atoms with Crippen LogP contribution in [-0.2, 0) is 4.79 Å². The smallest absolute Gasteiger partial charge is 0.251 e. The van der Waals surface area contributed by atoms with E-state index in [4.69, 9.17) is 0 Å². The number of carbonyl (C=O) groups is 2. The Kier molecular flexibility index (Phi) is 5.51. The Morgan fingerprint density at radius 2 is 2.04 bits per heavy atom. The molecule has 5 heteroatoms. The van der Waals surface area contributed by atoms with Crippen LogP contribution in [0.2, 0.25) is 0 Å². The van der Waals surface area contributed by atoms with Crippen molar-refractivity contribution in [3.8, 4) is 0 Å². The molecule has 0 bridgehead atoms. The quantitative estimate of drug-likeness (QED) is 0.843. The fraction of sp³-hybridized carbons (Fsp3) is 0.579. The Morgan fingerprint density at radius 1 is 1.21 bits per heavy atom. The first-order valence-corrected chi connectivity index (χ1v) is 9.10. The third-order valence-corrected chi connectivity index (χ3v) is 4.89. The predicted molar refractivity (Wildman–Crippen MR) is 95.1 cm³/mol. The Bertz CT molecular complexity index is 598. The van der Waals surface area contributed by atoms with Crippen molar-refractivity contribution in [2.24, 2.45) is 0 Å². The fourth-order valence-electron chi connectivity index (χ4n) is 3.35. The summed E-state index contributed by atoms with van der Waals surface area (Å²) in [5.41, 5.74) is 1.29. The largest absolute Gasteiger partial charge is 0.349 e. The first-order valence-electron chi connectivity index (χ1n) is 9.10. The number of anilines is 1. The van der Waals surface area contributed by atoms with Crippen LogP contribution < -0.4 is 10.6 Å². The molecule has 1 atom stereocenters. The SMILES string of the molecule is CCC1CCCCN1CC(=O)Nc1cccc(C(=O)NC2CC2)c1. The molecule has 2 amide bonds. The average Bonchev–Trinajstić information content (AvgIpc) is 3.39. The molecule has 1 saturated heterocycles. The van der Waals surface area contributed by atoms with E-state index in [1.807, 2.05) is 12.1 Å². The van der Waals surface area contributed by atoms with Crippen LogP contribution in [0.4, 0.5) is 5.69 Å². The van der Waals surface area contributed by atoms with Gasteiger partial charge in [-0.2, -0.15) is 0 Å². The molecule has 0 aromatic heterocycles. The molecule has 5 nitrogen and oxygen atoms in total. The summed E-state index contributed by atoms with van der Waals surface area (Å²) in [5.74, 6) is -0.0641. The summed E-state index contributed by atoms with van der Waals surface area (Å²) in [4.78, 5) is 26.7. The lowest BCUT2D eigenvalue weighted by atomic mass is 10.00. The standard InChI is InChI=1S/C19H27N3O2/c1-2-17-8-3-4-11-22(17)13-18(23)20-16-7-5-6-14(12-16)19(24)21-15-9-10-15/h5-7,12,15,17H,2-4,8-11,13H2,1H3,(H,20,23)(H,21,24). The molecule has 0 spiro atoms. The van der Waals surface area contributed by atoms with Crippen molar-refractivity contribution >= 4 is 17.5 Å². The number of nitrogens with one attached hydrogen (secondary N) is 2. The maximum Gasteiger partial charge on any atom is 0.251 e. The number of rotatable bonds is 6. The van der Waals surface area contributed by atoms with Gasteiger partial charge in [0, 0.05) is 23.3 Å². The van der Waals surface area contributed by atoms with Crippen molar-refractivity contribution in [2.45, 2.75) is 57.5 Å². The summed E-state index contributed by atoms with van der Waals surface area (Å²) < 4.78 is 0. The van der Waals surface area contributed by atoms with Gasteiger partial charge in [-0.15, -0.1) is 0 Å². The van der Waals surface area contributed by atoms with Crippen molar-refractivity contribution in [1.82, 2.24) is 10.2 Å². The van der Waals surface area contributed by atoms with Crippen molar-refractivity contribution in [3.63, 3.8) is 0 Å². The van der Waals surface area contributed by atoms with Crippen LogP contribution in [0.3, 0.4) is 0 Å². The highest BCUT2D eigenvalue weighted by Crippen LogP contribution is 2.21. The van der Waals surface area contributed by atoms with Crippen molar-refractivity contribution in [1.29, 1.82) is 0 Å². The molecular formula is C19H27N3O2. The van der Waals surface area contributed by atoms with E-state index in [-0.39, 0.29) is 11.8 Å². The third kappa shape index (κ3) is 4.57. The highest BCUT2D eigenvalue weighted by Gasteiger charge is 2.24. The van der Waals surface area contributed by atoms with E-state index < -0.39 is 0 Å². The fourth-order valence-corrected chi connectivity index (χ4v) is 3.35. The lowest BCUT2D eigenvalue weighted by molar-refractivity contribution is -0.118. The van der Waals surface area contributed by atoms with E-state index in [1.165, 1.54) is 19.3 Å². The van der Waals surface area contributed by atoms with Crippen LogP contribution >= 0.6 is 0 Å². The van der Waals surface area contributed by atoms with E-state index in [1.54, 1.807) is 12.1 Å². The summed E-state index contributed by atoms with van der Waals surface area (Å²) >= 11 is 0. The Balaban J connectivity index is 1.56. The maximum atomic E-state index is 12.4. The number of likely N-dealkylation sites (tertiary alicyclic amines) is 1. The van der Waals surface area contributed by atoms with Crippen molar-refractivity contribution < 1.29 is 9.59 Å². The second kappa shape index (κ2) is 7.79. The zero-order chi connectivity index (χ0) is 16.9. The van der Waals surface area contributed by atoms with Crippen LogP contribution in [0.1, 0.15) is 55.8 Å². The highest BCUT2D eigenvalue weighted by molar-refractivity contribution is 5.97. The molecule has 1 aromatic carbocycles. The molecule has 1 unspecified atom stereocenters. The topological polar surface area (TPSA) is 61.4 Å². The summed E-state index contributed by atoms with van der Waals surface area (Å²) in [7, 11) is 0. The lowest BCUT2D eigenvalue weighted by Gasteiger charge is -2.34. The predicted octanol–water partition coefficient (Wildman–Crippen LogP) is 2.78. The summed E-state index contributed by atoms with van der Waals surface area (Å²) in [6, 6.07) is 8.03. The van der Waals surface area contributed by atoms with Gasteiger partial charge in [0.2, 0.25) is 5.91 Å². The average molecular weight is 329 g/mol. The molecular weight excluding hydrogens is 302 g/mol. The molecule has 24 heavy (non-hydrogen) atoms. The first-order chi connectivity index (χ1) is 11.7. The monoisotopic (exact) mass is 329 g/mol. The maximum absolute atomic E-state index is 12.4. The molecule has 2 aliphatic rings. The number of carbonyl (C=O) groups excluding carboxylic acids is 2. The van der Waals surface area contributed by atoms with E-state index in [2.05, 4.69) is 22.5 Å². The molecule has 130 valence electrons. The number of nitrogens with zero attached hydrogens (tertiary/aromatic N) is 1. The minimum atomic E-state index is -0.0596. The van der Waals surface area contributed by atoms with Crippen LogP contribution in [0.5, 0.6) is 0 Å². The highest BCUT2D eigenvalue weighted by atomic mass is 16.2. The molecule has 2 N–H and O–H groups in total. The van der Waals surface area contributed by atoms with Crippen LogP contribution in [-0.4, -0.2) is 41.9 Å². The first kappa shape index (κ1) is 17.0. The van der Waals surface area contributed by atoms with E-state index in [0.29, 0.717) is 29.9 Å². The minimum Gasteiger partial charge on any atom is -0.349 e. The molecule has 1 aliphatic carbocycles. The lowest BCUT2D eigenvalue weighted by Crippen LogP contribution is -2.43. The van der Waals surface area contributed by atoms with Crippen molar-refractivity contribution in [2.75, 3.05) is 18.4 Å². The second-order valence-electron chi connectivity index (χ2n) is 6.91. The number of amides is 2. The van der Waals surface area contributed by atoms with Gasteiger partial charge in [-0.1, -0.05) is 19.4 Å². The van der Waals surface area contributed by atoms with E-state index in [9.17, 15) is 9.59 Å². The Labute approximate surface area is 143 Å². The van der Waals surface area contributed by atoms with Crippen LogP contribution in [0.25, 0.3) is 0 Å². The van der Waals surface area contributed by atoms with Gasteiger partial charge >= 0.3 is 0 Å². The Morgan fingerprint density at radius 3 is 2.79 bits per heavy atom. The number of hydrogen-bond acceptors (Lipinski definition) is 3. The number of hydrogen-bond donors (Lipinski definition) is 2. The molecule has 3 rings (SSSR count). The minimum absolute atomic E-state index is 0.00454. The van der Waals surface area contributed by atoms with Gasteiger partial charge in [0.05, 0.1) is 6.54 Å². The third-order valence-electron chi connectivity index (χ3n) is 4.89. The summed E-state index contributed by atoms with van der Waals surface area (Å²) in [5, 5.41) is 5.91. The molecule has 1 aliphatic heterocycles. The normalized spacial score (nSPS) is 21.3. The number of piperidine rings is 1.